The molecule has 0 bridgehead atoms. The Kier molecular flexibility index (Phi) is 14.3. The van der Waals surface area contributed by atoms with E-state index in [1.807, 2.05) is 17.9 Å². The normalized spacial score (nSPS) is 11.5. The molecule has 1 atom stereocenters. The van der Waals surface area contributed by atoms with Crippen molar-refractivity contribution in [3.05, 3.63) is 22.4 Å². The van der Waals surface area contributed by atoms with Gasteiger partial charge in [0.1, 0.15) is 0 Å². The number of rotatable bonds is 9. The molecular weight excluding hydrogens is 341 g/mol. The molecule has 130 valence electrons. The summed E-state index contributed by atoms with van der Waals surface area (Å²) >= 11 is 1.69. The third kappa shape index (κ3) is 7.79. The first-order valence-electron chi connectivity index (χ1n) is 7.35. The van der Waals surface area contributed by atoms with Crippen molar-refractivity contribution in [2.24, 2.45) is 11.7 Å². The SMILES string of the molecule is CCN(CC)CCN(Cc1cccs1)C(=O)C(C)CN.Cl.Cl. The standard InChI is InChI=1S/C15H27N3OS.2ClH/c1-4-17(5-2)8-9-18(15(19)13(3)11-16)12-14-7-6-10-20-14;;/h6-7,10,13H,4-5,8-9,11-12,16H2,1-3H3;2*1H. The summed E-state index contributed by atoms with van der Waals surface area (Å²) in [6.45, 7) is 11.0. The fourth-order valence-electron chi connectivity index (χ4n) is 2.07. The van der Waals surface area contributed by atoms with Gasteiger partial charge >= 0.3 is 0 Å². The quantitative estimate of drug-likeness (QED) is 0.727. The first kappa shape index (κ1) is 23.9. The van der Waals surface area contributed by atoms with Crippen LogP contribution in [0.2, 0.25) is 0 Å². The van der Waals surface area contributed by atoms with Gasteiger partial charge in [-0.15, -0.1) is 36.2 Å². The van der Waals surface area contributed by atoms with E-state index in [2.05, 4.69) is 30.2 Å². The molecule has 0 spiro atoms. The van der Waals surface area contributed by atoms with Gasteiger partial charge in [0, 0.05) is 30.4 Å². The molecule has 0 saturated carbocycles. The van der Waals surface area contributed by atoms with Crippen molar-refractivity contribution in [3.8, 4) is 0 Å². The second-order valence-corrected chi connectivity index (χ2v) is 6.04. The number of carbonyl (C=O) groups is 1. The maximum atomic E-state index is 12.4. The maximum absolute atomic E-state index is 12.4. The zero-order chi connectivity index (χ0) is 15.0. The molecule has 1 aromatic heterocycles. The predicted octanol–water partition coefficient (Wildman–Crippen LogP) is 2.86. The number of likely N-dealkylation sites (N-methyl/N-ethyl adjacent to an activating group) is 1. The smallest absolute Gasteiger partial charge is 0.227 e. The van der Waals surface area contributed by atoms with Crippen LogP contribution in [0, 0.1) is 5.92 Å². The van der Waals surface area contributed by atoms with E-state index in [1.165, 1.54) is 4.88 Å². The van der Waals surface area contributed by atoms with Crippen LogP contribution in [0.4, 0.5) is 0 Å². The number of halogens is 2. The third-order valence-electron chi connectivity index (χ3n) is 3.59. The van der Waals surface area contributed by atoms with Gasteiger partial charge in [0.25, 0.3) is 0 Å². The highest BCUT2D eigenvalue weighted by molar-refractivity contribution is 7.09. The van der Waals surface area contributed by atoms with Crippen molar-refractivity contribution in [1.82, 2.24) is 9.80 Å². The van der Waals surface area contributed by atoms with Gasteiger partial charge in [0.2, 0.25) is 5.91 Å². The molecule has 7 heteroatoms. The Bertz CT molecular complexity index is 386. The number of nitrogens with zero attached hydrogens (tertiary/aromatic N) is 2. The van der Waals surface area contributed by atoms with Crippen LogP contribution >= 0.6 is 36.2 Å². The Balaban J connectivity index is 0. The fraction of sp³-hybridized carbons (Fsp3) is 0.667. The molecule has 0 fully saturated rings. The van der Waals surface area contributed by atoms with Crippen LogP contribution in [0.5, 0.6) is 0 Å². The van der Waals surface area contributed by atoms with Crippen LogP contribution in [-0.2, 0) is 11.3 Å². The van der Waals surface area contributed by atoms with Crippen molar-refractivity contribution < 1.29 is 4.79 Å². The highest BCUT2D eigenvalue weighted by Gasteiger charge is 2.20. The highest BCUT2D eigenvalue weighted by atomic mass is 35.5. The van der Waals surface area contributed by atoms with Gasteiger partial charge in [0.05, 0.1) is 6.54 Å². The molecule has 1 heterocycles. The number of nitrogens with two attached hydrogens (primary N) is 1. The first-order chi connectivity index (χ1) is 9.62. The van der Waals surface area contributed by atoms with E-state index in [4.69, 9.17) is 5.73 Å². The number of hydrogen-bond donors (Lipinski definition) is 1. The van der Waals surface area contributed by atoms with Gasteiger partial charge < -0.3 is 15.5 Å². The van der Waals surface area contributed by atoms with Crippen LogP contribution < -0.4 is 5.73 Å². The number of hydrogen-bond acceptors (Lipinski definition) is 4. The van der Waals surface area contributed by atoms with E-state index in [0.29, 0.717) is 13.1 Å². The van der Waals surface area contributed by atoms with Gasteiger partial charge in [0.15, 0.2) is 0 Å². The summed E-state index contributed by atoms with van der Waals surface area (Å²) < 4.78 is 0. The minimum absolute atomic E-state index is 0. The molecule has 4 nitrogen and oxygen atoms in total. The molecule has 2 N–H and O–H groups in total. The van der Waals surface area contributed by atoms with E-state index in [-0.39, 0.29) is 36.6 Å². The van der Waals surface area contributed by atoms with Gasteiger partial charge in [-0.1, -0.05) is 26.8 Å². The van der Waals surface area contributed by atoms with Crippen LogP contribution in [0.3, 0.4) is 0 Å². The summed E-state index contributed by atoms with van der Waals surface area (Å²) in [5, 5.41) is 2.05. The van der Waals surface area contributed by atoms with Crippen molar-refractivity contribution >= 4 is 42.1 Å². The van der Waals surface area contributed by atoms with E-state index in [9.17, 15) is 4.79 Å². The molecule has 22 heavy (non-hydrogen) atoms. The van der Waals surface area contributed by atoms with Gasteiger partial charge in [-0.25, -0.2) is 0 Å². The molecular formula is C15H29Cl2N3OS. The largest absolute Gasteiger partial charge is 0.336 e. The van der Waals surface area contributed by atoms with Crippen LogP contribution in [0.1, 0.15) is 25.6 Å². The average Bonchev–Trinajstić information content (AvgIpc) is 2.98. The van der Waals surface area contributed by atoms with Crippen molar-refractivity contribution in [2.45, 2.75) is 27.3 Å². The van der Waals surface area contributed by atoms with Crippen molar-refractivity contribution in [1.29, 1.82) is 0 Å². The van der Waals surface area contributed by atoms with Crippen molar-refractivity contribution in [3.63, 3.8) is 0 Å². The van der Waals surface area contributed by atoms with Gasteiger partial charge in [-0.2, -0.15) is 0 Å². The zero-order valence-corrected chi connectivity index (χ0v) is 16.1. The third-order valence-corrected chi connectivity index (χ3v) is 4.46. The van der Waals surface area contributed by atoms with E-state index >= 15 is 0 Å². The highest BCUT2D eigenvalue weighted by Crippen LogP contribution is 2.14. The number of amides is 1. The molecule has 0 saturated heterocycles. The van der Waals surface area contributed by atoms with Gasteiger partial charge in [-0.05, 0) is 24.5 Å². The minimum Gasteiger partial charge on any atom is -0.336 e. The zero-order valence-electron chi connectivity index (χ0n) is 13.7. The summed E-state index contributed by atoms with van der Waals surface area (Å²) in [7, 11) is 0. The Morgan fingerprint density at radius 2 is 1.91 bits per heavy atom. The Hall–Kier alpha value is -0.330. The van der Waals surface area contributed by atoms with Crippen LogP contribution in [-0.4, -0.2) is 48.4 Å². The number of carbonyl (C=O) groups excluding carboxylic acids is 1. The Morgan fingerprint density at radius 1 is 1.27 bits per heavy atom. The van der Waals surface area contributed by atoms with Crippen LogP contribution in [0.15, 0.2) is 17.5 Å². The number of thiophene rings is 1. The maximum Gasteiger partial charge on any atom is 0.227 e. The molecule has 0 aliphatic carbocycles. The molecule has 0 aromatic carbocycles. The van der Waals surface area contributed by atoms with Gasteiger partial charge in [-0.3, -0.25) is 4.79 Å². The van der Waals surface area contributed by atoms with Crippen molar-refractivity contribution in [2.75, 3.05) is 32.7 Å². The molecule has 1 unspecified atom stereocenters. The molecule has 1 amide bonds. The molecule has 1 aromatic rings. The van der Waals surface area contributed by atoms with E-state index < -0.39 is 0 Å². The monoisotopic (exact) mass is 369 g/mol. The predicted molar refractivity (Wildman–Crippen MR) is 100 cm³/mol. The second kappa shape index (κ2) is 13.1. The lowest BCUT2D eigenvalue weighted by atomic mass is 10.1. The second-order valence-electron chi connectivity index (χ2n) is 5.00. The minimum atomic E-state index is -0.105. The Morgan fingerprint density at radius 3 is 2.36 bits per heavy atom. The van der Waals surface area contributed by atoms with E-state index in [0.717, 1.165) is 26.2 Å². The summed E-state index contributed by atoms with van der Waals surface area (Å²) in [5.74, 6) is 0.0553. The summed E-state index contributed by atoms with van der Waals surface area (Å²) in [6.07, 6.45) is 0. The lowest BCUT2D eigenvalue weighted by Gasteiger charge is -2.28. The first-order valence-corrected chi connectivity index (χ1v) is 8.23. The molecule has 0 aliphatic rings. The lowest BCUT2D eigenvalue weighted by molar-refractivity contribution is -0.135. The molecule has 1 rings (SSSR count). The van der Waals surface area contributed by atoms with E-state index in [1.54, 1.807) is 11.3 Å². The molecule has 0 radical (unpaired) electrons. The van der Waals surface area contributed by atoms with Crippen LogP contribution in [0.25, 0.3) is 0 Å². The summed E-state index contributed by atoms with van der Waals surface area (Å²) in [6, 6.07) is 4.11. The molecule has 0 aliphatic heterocycles. The lowest BCUT2D eigenvalue weighted by Crippen LogP contribution is -2.42. The summed E-state index contributed by atoms with van der Waals surface area (Å²) in [5.41, 5.74) is 5.64. The fourth-order valence-corrected chi connectivity index (χ4v) is 2.79. The topological polar surface area (TPSA) is 49.6 Å². The average molecular weight is 370 g/mol. The summed E-state index contributed by atoms with van der Waals surface area (Å²) in [4.78, 5) is 17.9. The Labute approximate surface area is 150 Å².